The molecule has 0 radical (unpaired) electrons. The van der Waals surface area contributed by atoms with Crippen molar-refractivity contribution in [2.45, 2.75) is 26.3 Å². The number of benzene rings is 1. The maximum Gasteiger partial charge on any atom is 0.268 e. The Morgan fingerprint density at radius 2 is 1.91 bits per heavy atom. The van der Waals surface area contributed by atoms with Crippen LogP contribution in [0.4, 0.5) is 0 Å². The van der Waals surface area contributed by atoms with Gasteiger partial charge in [-0.15, -0.1) is 0 Å². The Kier molecular flexibility index (Phi) is 5.74. The van der Waals surface area contributed by atoms with Crippen molar-refractivity contribution >= 4 is 17.9 Å². The molecule has 2 aromatic rings. The van der Waals surface area contributed by atoms with E-state index in [2.05, 4.69) is 10.6 Å². The van der Waals surface area contributed by atoms with Crippen molar-refractivity contribution < 1.29 is 14.0 Å². The first-order valence-electron chi connectivity index (χ1n) is 7.52. The summed E-state index contributed by atoms with van der Waals surface area (Å²) in [7, 11) is 0. The minimum atomic E-state index is -0.347. The van der Waals surface area contributed by atoms with Crippen LogP contribution in [0.2, 0.25) is 0 Å². The van der Waals surface area contributed by atoms with Crippen LogP contribution in [0.1, 0.15) is 36.4 Å². The number of carbonyl (C=O) groups excluding carboxylic acids is 2. The highest BCUT2D eigenvalue weighted by atomic mass is 16.3. The standard InChI is InChI=1S/C18H20N2O3/c1-3-13(2)19-18(22)16(12-15-10-7-11-23-15)20-17(21)14-8-5-4-6-9-14/h4-13H,3H2,1-2H3,(H,19,22)(H,20,21)/b16-12-. The van der Waals surface area contributed by atoms with Crippen molar-refractivity contribution in [3.63, 3.8) is 0 Å². The summed E-state index contributed by atoms with van der Waals surface area (Å²) >= 11 is 0. The average molecular weight is 312 g/mol. The predicted octanol–water partition coefficient (Wildman–Crippen LogP) is 2.97. The van der Waals surface area contributed by atoms with Crippen LogP contribution in [0.15, 0.2) is 58.8 Å². The molecule has 0 fully saturated rings. The molecule has 1 heterocycles. The lowest BCUT2D eigenvalue weighted by Crippen LogP contribution is -2.38. The fourth-order valence-electron chi connectivity index (χ4n) is 1.86. The van der Waals surface area contributed by atoms with E-state index in [0.717, 1.165) is 6.42 Å². The van der Waals surface area contributed by atoms with Crippen LogP contribution in [0.3, 0.4) is 0 Å². The Morgan fingerprint density at radius 1 is 1.17 bits per heavy atom. The minimum Gasteiger partial charge on any atom is -0.465 e. The summed E-state index contributed by atoms with van der Waals surface area (Å²) in [6.45, 7) is 3.88. The maximum absolute atomic E-state index is 12.4. The Labute approximate surface area is 135 Å². The summed E-state index contributed by atoms with van der Waals surface area (Å²) in [5.41, 5.74) is 0.628. The van der Waals surface area contributed by atoms with E-state index >= 15 is 0 Å². The summed E-state index contributed by atoms with van der Waals surface area (Å²) in [5.74, 6) is -0.199. The van der Waals surface area contributed by atoms with E-state index < -0.39 is 0 Å². The molecule has 5 heteroatoms. The number of hydrogen-bond acceptors (Lipinski definition) is 3. The second kappa shape index (κ2) is 7.98. The van der Waals surface area contributed by atoms with Crippen LogP contribution in [-0.4, -0.2) is 17.9 Å². The molecule has 1 aromatic carbocycles. The molecule has 120 valence electrons. The van der Waals surface area contributed by atoms with Gasteiger partial charge in [0.25, 0.3) is 11.8 Å². The second-order valence-electron chi connectivity index (χ2n) is 5.18. The van der Waals surface area contributed by atoms with Crippen molar-refractivity contribution in [1.29, 1.82) is 0 Å². The van der Waals surface area contributed by atoms with Crippen LogP contribution >= 0.6 is 0 Å². The molecule has 2 amide bonds. The second-order valence-corrected chi connectivity index (χ2v) is 5.18. The Balaban J connectivity index is 2.20. The third-order valence-electron chi connectivity index (χ3n) is 3.35. The number of furan rings is 1. The molecule has 1 unspecified atom stereocenters. The highest BCUT2D eigenvalue weighted by Crippen LogP contribution is 2.08. The monoisotopic (exact) mass is 312 g/mol. The van der Waals surface area contributed by atoms with Crippen LogP contribution in [0, 0.1) is 0 Å². The lowest BCUT2D eigenvalue weighted by Gasteiger charge is -2.14. The highest BCUT2D eigenvalue weighted by Gasteiger charge is 2.16. The van der Waals surface area contributed by atoms with Gasteiger partial charge in [-0.3, -0.25) is 9.59 Å². The van der Waals surface area contributed by atoms with Gasteiger partial charge in [-0.2, -0.15) is 0 Å². The summed E-state index contributed by atoms with van der Waals surface area (Å²) in [6.07, 6.45) is 3.82. The molecule has 0 saturated heterocycles. The molecule has 1 aromatic heterocycles. The summed E-state index contributed by atoms with van der Waals surface area (Å²) < 4.78 is 5.23. The van der Waals surface area contributed by atoms with Gasteiger partial charge < -0.3 is 15.1 Å². The molecule has 0 aliphatic rings. The van der Waals surface area contributed by atoms with Crippen LogP contribution in [0.25, 0.3) is 6.08 Å². The number of amides is 2. The largest absolute Gasteiger partial charge is 0.465 e. The van der Waals surface area contributed by atoms with Gasteiger partial charge in [0.1, 0.15) is 11.5 Å². The van der Waals surface area contributed by atoms with Crippen molar-refractivity contribution in [2.24, 2.45) is 0 Å². The fourth-order valence-corrected chi connectivity index (χ4v) is 1.86. The normalized spacial score (nSPS) is 12.5. The van der Waals surface area contributed by atoms with Crippen LogP contribution in [0.5, 0.6) is 0 Å². The predicted molar refractivity (Wildman–Crippen MR) is 88.5 cm³/mol. The SMILES string of the molecule is CCC(C)NC(=O)/C(=C/c1ccco1)NC(=O)c1ccccc1. The molecular formula is C18H20N2O3. The third kappa shape index (κ3) is 4.85. The molecule has 23 heavy (non-hydrogen) atoms. The minimum absolute atomic E-state index is 0.0103. The van der Waals surface area contributed by atoms with Crippen molar-refractivity contribution in [3.8, 4) is 0 Å². The molecular weight excluding hydrogens is 292 g/mol. The summed E-state index contributed by atoms with van der Waals surface area (Å²) in [6, 6.07) is 12.2. The first kappa shape index (κ1) is 16.5. The molecule has 2 rings (SSSR count). The fraction of sp³-hybridized carbons (Fsp3) is 0.222. The van der Waals surface area contributed by atoms with Gasteiger partial charge in [0.05, 0.1) is 6.26 Å². The summed E-state index contributed by atoms with van der Waals surface area (Å²) in [5, 5.41) is 5.49. The summed E-state index contributed by atoms with van der Waals surface area (Å²) in [4.78, 5) is 24.7. The van der Waals surface area contributed by atoms with Crippen molar-refractivity contribution in [3.05, 3.63) is 65.7 Å². The Bertz CT molecular complexity index is 676. The highest BCUT2D eigenvalue weighted by molar-refractivity contribution is 6.05. The van der Waals surface area contributed by atoms with Crippen molar-refractivity contribution in [1.82, 2.24) is 10.6 Å². The zero-order valence-electron chi connectivity index (χ0n) is 13.2. The lowest BCUT2D eigenvalue weighted by atomic mass is 10.2. The number of nitrogens with one attached hydrogen (secondary N) is 2. The number of rotatable bonds is 6. The van der Waals surface area contributed by atoms with E-state index in [4.69, 9.17) is 4.42 Å². The first-order valence-corrected chi connectivity index (χ1v) is 7.52. The van der Waals surface area contributed by atoms with E-state index in [1.807, 2.05) is 19.9 Å². The van der Waals surface area contributed by atoms with Gasteiger partial charge in [0, 0.05) is 17.7 Å². The van der Waals surface area contributed by atoms with Gasteiger partial charge in [-0.05, 0) is 37.6 Å². The molecule has 5 nitrogen and oxygen atoms in total. The van der Waals surface area contributed by atoms with E-state index in [0.29, 0.717) is 11.3 Å². The molecule has 0 spiro atoms. The number of carbonyl (C=O) groups is 2. The van der Waals surface area contributed by atoms with E-state index in [1.165, 1.54) is 12.3 Å². The number of hydrogen-bond donors (Lipinski definition) is 2. The van der Waals surface area contributed by atoms with Gasteiger partial charge in [0.2, 0.25) is 0 Å². The Morgan fingerprint density at radius 3 is 2.52 bits per heavy atom. The maximum atomic E-state index is 12.4. The van der Waals surface area contributed by atoms with Crippen molar-refractivity contribution in [2.75, 3.05) is 0 Å². The smallest absolute Gasteiger partial charge is 0.268 e. The zero-order chi connectivity index (χ0) is 16.7. The molecule has 1 atom stereocenters. The zero-order valence-corrected chi connectivity index (χ0v) is 13.2. The third-order valence-corrected chi connectivity index (χ3v) is 3.35. The van der Waals surface area contributed by atoms with E-state index in [1.54, 1.807) is 36.4 Å². The topological polar surface area (TPSA) is 71.3 Å². The van der Waals surface area contributed by atoms with Gasteiger partial charge in [-0.1, -0.05) is 25.1 Å². The first-order chi connectivity index (χ1) is 11.1. The van der Waals surface area contributed by atoms with Gasteiger partial charge in [-0.25, -0.2) is 0 Å². The molecule has 0 aliphatic heterocycles. The van der Waals surface area contributed by atoms with Gasteiger partial charge in [0.15, 0.2) is 0 Å². The van der Waals surface area contributed by atoms with Crippen LogP contribution in [-0.2, 0) is 4.79 Å². The Hall–Kier alpha value is -2.82. The van der Waals surface area contributed by atoms with Crippen LogP contribution < -0.4 is 10.6 Å². The molecule has 0 saturated carbocycles. The molecule has 0 bridgehead atoms. The average Bonchev–Trinajstić information content (AvgIpc) is 3.07. The lowest BCUT2D eigenvalue weighted by molar-refractivity contribution is -0.118. The van der Waals surface area contributed by atoms with Gasteiger partial charge >= 0.3 is 0 Å². The van der Waals surface area contributed by atoms with E-state index in [9.17, 15) is 9.59 Å². The van der Waals surface area contributed by atoms with E-state index in [-0.39, 0.29) is 23.6 Å². The quantitative estimate of drug-likeness (QED) is 0.806. The molecule has 2 N–H and O–H groups in total. The molecule has 0 aliphatic carbocycles.